The van der Waals surface area contributed by atoms with Crippen LogP contribution in [0.4, 0.5) is 0 Å². The number of ether oxygens (including phenoxy) is 2. The van der Waals surface area contributed by atoms with Gasteiger partial charge in [0.2, 0.25) is 0 Å². The molecule has 1 heterocycles. The first-order valence-corrected chi connectivity index (χ1v) is 10.9. The number of nitrogens with zero attached hydrogens (tertiary/aromatic N) is 1. The second kappa shape index (κ2) is 10.7. The van der Waals surface area contributed by atoms with Crippen molar-refractivity contribution in [2.24, 2.45) is 0 Å². The maximum atomic E-state index is 12.7. The number of halogens is 2. The Bertz CT molecular complexity index is 1070. The number of benzene rings is 1. The van der Waals surface area contributed by atoms with E-state index in [0.29, 0.717) is 52.7 Å². The summed E-state index contributed by atoms with van der Waals surface area (Å²) in [6, 6.07) is 7.88. The van der Waals surface area contributed by atoms with Gasteiger partial charge in [-0.1, -0.05) is 42.3 Å². The van der Waals surface area contributed by atoms with Crippen LogP contribution in [0.1, 0.15) is 63.9 Å². The standard InChI is InChI=1S/C24H23Cl2NO5/c1-3-12-27-20(24(30)31-2)13-19(15-4-8-17(25)9-5-15)22(27)21(14-28)32-23(29)16-6-10-18(26)11-7-16/h4,6-11,13-15,21H,3,5,12H2,1-2H3. The van der Waals surface area contributed by atoms with E-state index in [2.05, 4.69) is 0 Å². The lowest BCUT2D eigenvalue weighted by Gasteiger charge is -2.21. The smallest absolute Gasteiger partial charge is 0.354 e. The Balaban J connectivity index is 2.07. The Hall–Kier alpha value is -2.83. The zero-order valence-corrected chi connectivity index (χ0v) is 19.2. The lowest BCUT2D eigenvalue weighted by Crippen LogP contribution is -2.20. The molecule has 6 nitrogen and oxygen atoms in total. The van der Waals surface area contributed by atoms with Crippen molar-refractivity contribution >= 4 is 41.4 Å². The average molecular weight is 476 g/mol. The minimum Gasteiger partial charge on any atom is -0.464 e. The molecule has 0 saturated heterocycles. The van der Waals surface area contributed by atoms with Crippen LogP contribution >= 0.6 is 23.2 Å². The SMILES string of the molecule is CCCn1c(C(=O)OC)cc(C2C=CC(Cl)=CC2)c1C(C=O)OC(=O)c1ccc(Cl)cc1. The molecule has 2 unspecified atom stereocenters. The Morgan fingerprint density at radius 2 is 1.94 bits per heavy atom. The summed E-state index contributed by atoms with van der Waals surface area (Å²) >= 11 is 12.0. The molecule has 0 N–H and O–H groups in total. The summed E-state index contributed by atoms with van der Waals surface area (Å²) in [5.41, 5.74) is 1.71. The number of hydrogen-bond acceptors (Lipinski definition) is 5. The predicted octanol–water partition coefficient (Wildman–Crippen LogP) is 5.60. The second-order valence-corrected chi connectivity index (χ2v) is 8.15. The van der Waals surface area contributed by atoms with E-state index in [1.54, 1.807) is 28.8 Å². The molecule has 0 saturated carbocycles. The van der Waals surface area contributed by atoms with E-state index in [9.17, 15) is 14.4 Å². The van der Waals surface area contributed by atoms with Crippen molar-refractivity contribution in [1.29, 1.82) is 0 Å². The van der Waals surface area contributed by atoms with Gasteiger partial charge in [0.25, 0.3) is 0 Å². The van der Waals surface area contributed by atoms with Gasteiger partial charge in [0.05, 0.1) is 18.4 Å². The average Bonchev–Trinajstić information content (AvgIpc) is 3.17. The third kappa shape index (κ3) is 5.14. The minimum atomic E-state index is -1.21. The molecule has 1 aromatic carbocycles. The third-order valence-corrected chi connectivity index (χ3v) is 5.70. The summed E-state index contributed by atoms with van der Waals surface area (Å²) in [5, 5.41) is 1.09. The highest BCUT2D eigenvalue weighted by Gasteiger charge is 2.31. The molecule has 32 heavy (non-hydrogen) atoms. The summed E-state index contributed by atoms with van der Waals surface area (Å²) in [4.78, 5) is 37.4. The molecule has 3 rings (SSSR count). The molecule has 0 bridgehead atoms. The zero-order chi connectivity index (χ0) is 23.3. The number of aldehydes is 1. The first-order chi connectivity index (χ1) is 15.4. The Labute approximate surface area is 196 Å². The molecule has 1 aliphatic carbocycles. The fourth-order valence-electron chi connectivity index (χ4n) is 3.68. The fraction of sp³-hybridized carbons (Fsp3) is 0.292. The van der Waals surface area contributed by atoms with Gasteiger partial charge in [-0.2, -0.15) is 0 Å². The summed E-state index contributed by atoms with van der Waals surface area (Å²) in [6.07, 6.45) is 6.15. The number of aromatic nitrogens is 1. The number of carbonyl (C=O) groups excluding carboxylic acids is 3. The molecule has 0 radical (unpaired) electrons. The number of esters is 2. The van der Waals surface area contributed by atoms with Crippen molar-refractivity contribution in [2.45, 2.75) is 38.3 Å². The predicted molar refractivity (Wildman–Crippen MR) is 122 cm³/mol. The van der Waals surface area contributed by atoms with Gasteiger partial charge in [-0.25, -0.2) is 9.59 Å². The number of hydrogen-bond donors (Lipinski definition) is 0. The molecule has 1 aromatic heterocycles. The van der Waals surface area contributed by atoms with E-state index in [1.807, 2.05) is 19.1 Å². The van der Waals surface area contributed by atoms with Crippen LogP contribution in [0.15, 0.2) is 53.6 Å². The van der Waals surface area contributed by atoms with Crippen molar-refractivity contribution < 1.29 is 23.9 Å². The number of allylic oxidation sites excluding steroid dienone is 4. The highest BCUT2D eigenvalue weighted by Crippen LogP contribution is 2.36. The Morgan fingerprint density at radius 3 is 2.50 bits per heavy atom. The van der Waals surface area contributed by atoms with E-state index < -0.39 is 18.0 Å². The van der Waals surface area contributed by atoms with Gasteiger partial charge in [-0.3, -0.25) is 4.79 Å². The molecule has 0 spiro atoms. The maximum absolute atomic E-state index is 12.7. The van der Waals surface area contributed by atoms with Gasteiger partial charge >= 0.3 is 11.9 Å². The quantitative estimate of drug-likeness (QED) is 0.366. The van der Waals surface area contributed by atoms with Gasteiger partial charge in [0.15, 0.2) is 12.4 Å². The zero-order valence-electron chi connectivity index (χ0n) is 17.7. The van der Waals surface area contributed by atoms with Crippen molar-refractivity contribution in [2.75, 3.05) is 7.11 Å². The minimum absolute atomic E-state index is 0.148. The van der Waals surface area contributed by atoms with Crippen LogP contribution in [-0.2, 0) is 20.8 Å². The van der Waals surface area contributed by atoms with E-state index in [0.717, 1.165) is 0 Å². The summed E-state index contributed by atoms with van der Waals surface area (Å²) in [6.45, 7) is 2.39. The van der Waals surface area contributed by atoms with Crippen LogP contribution in [0.3, 0.4) is 0 Å². The van der Waals surface area contributed by atoms with E-state index in [4.69, 9.17) is 32.7 Å². The highest BCUT2D eigenvalue weighted by molar-refractivity contribution is 6.31. The van der Waals surface area contributed by atoms with E-state index in [1.165, 1.54) is 19.2 Å². The van der Waals surface area contributed by atoms with Crippen molar-refractivity contribution in [3.8, 4) is 0 Å². The Morgan fingerprint density at radius 1 is 1.22 bits per heavy atom. The Kier molecular flexibility index (Phi) is 7.94. The molecule has 0 aliphatic heterocycles. The number of methoxy groups -OCH3 is 1. The number of carbonyl (C=O) groups is 3. The van der Waals surface area contributed by atoms with Crippen molar-refractivity contribution in [3.05, 3.63) is 81.1 Å². The number of rotatable bonds is 8. The molecule has 168 valence electrons. The first-order valence-electron chi connectivity index (χ1n) is 10.2. The van der Waals surface area contributed by atoms with E-state index in [-0.39, 0.29) is 11.5 Å². The van der Waals surface area contributed by atoms with Crippen LogP contribution in [0.25, 0.3) is 0 Å². The monoisotopic (exact) mass is 475 g/mol. The van der Waals surface area contributed by atoms with Crippen molar-refractivity contribution in [3.63, 3.8) is 0 Å². The summed E-state index contributed by atoms with van der Waals surface area (Å²) in [5.74, 6) is -1.35. The van der Waals surface area contributed by atoms with Gasteiger partial charge in [0.1, 0.15) is 5.69 Å². The molecule has 0 amide bonds. The normalized spacial score (nSPS) is 16.2. The molecular formula is C24H23Cl2NO5. The van der Waals surface area contributed by atoms with Gasteiger partial charge in [-0.15, -0.1) is 0 Å². The lowest BCUT2D eigenvalue weighted by molar-refractivity contribution is -0.116. The fourth-order valence-corrected chi connectivity index (χ4v) is 3.97. The third-order valence-electron chi connectivity index (χ3n) is 5.17. The topological polar surface area (TPSA) is 74.6 Å². The van der Waals surface area contributed by atoms with Gasteiger partial charge < -0.3 is 14.0 Å². The first kappa shape index (κ1) is 23.8. The van der Waals surface area contributed by atoms with Crippen LogP contribution < -0.4 is 0 Å². The van der Waals surface area contributed by atoms with Crippen LogP contribution in [0.2, 0.25) is 5.02 Å². The maximum Gasteiger partial charge on any atom is 0.354 e. The highest BCUT2D eigenvalue weighted by atomic mass is 35.5. The molecule has 1 aliphatic rings. The van der Waals surface area contributed by atoms with E-state index >= 15 is 0 Å². The largest absolute Gasteiger partial charge is 0.464 e. The molecule has 8 heteroatoms. The second-order valence-electron chi connectivity index (χ2n) is 7.27. The lowest BCUT2D eigenvalue weighted by atomic mass is 9.91. The molecule has 2 aromatic rings. The summed E-state index contributed by atoms with van der Waals surface area (Å²) in [7, 11) is 1.30. The van der Waals surface area contributed by atoms with Crippen LogP contribution in [0.5, 0.6) is 0 Å². The van der Waals surface area contributed by atoms with Gasteiger partial charge in [0, 0.05) is 22.5 Å². The molecular weight excluding hydrogens is 453 g/mol. The van der Waals surface area contributed by atoms with Gasteiger partial charge in [-0.05, 0) is 54.8 Å². The van der Waals surface area contributed by atoms with Crippen LogP contribution in [-0.4, -0.2) is 29.9 Å². The molecule has 0 fully saturated rings. The van der Waals surface area contributed by atoms with Crippen LogP contribution in [0, 0.1) is 0 Å². The molecule has 2 atom stereocenters. The van der Waals surface area contributed by atoms with Crippen molar-refractivity contribution in [1.82, 2.24) is 4.57 Å². The summed E-state index contributed by atoms with van der Waals surface area (Å²) < 4.78 is 12.2.